The zero-order valence-corrected chi connectivity index (χ0v) is 13.9. The molecular formula is C18H23N3O3. The summed E-state index contributed by atoms with van der Waals surface area (Å²) >= 11 is 0. The zero-order valence-electron chi connectivity index (χ0n) is 13.9. The molecule has 1 aliphatic heterocycles. The summed E-state index contributed by atoms with van der Waals surface area (Å²) in [5.74, 6) is -0.486. The molecule has 1 aliphatic rings. The van der Waals surface area contributed by atoms with Gasteiger partial charge in [-0.05, 0) is 37.3 Å². The van der Waals surface area contributed by atoms with Crippen molar-refractivity contribution in [1.29, 1.82) is 0 Å². The molecule has 0 radical (unpaired) electrons. The fourth-order valence-electron chi connectivity index (χ4n) is 3.30. The summed E-state index contributed by atoms with van der Waals surface area (Å²) in [6.45, 7) is 3.48. The number of nitrogens with two attached hydrogens (primary N) is 1. The molecular weight excluding hydrogens is 306 g/mol. The van der Waals surface area contributed by atoms with Crippen molar-refractivity contribution in [2.75, 3.05) is 19.8 Å². The van der Waals surface area contributed by atoms with E-state index >= 15 is 0 Å². The molecule has 24 heavy (non-hydrogen) atoms. The van der Waals surface area contributed by atoms with Gasteiger partial charge in [-0.15, -0.1) is 0 Å². The molecule has 0 atom stereocenters. The summed E-state index contributed by atoms with van der Waals surface area (Å²) in [6, 6.07) is 10.0. The third-order valence-corrected chi connectivity index (χ3v) is 4.92. The Bertz CT molecular complexity index is 760. The number of fused-ring (bicyclic) bond motifs is 1. The van der Waals surface area contributed by atoms with Gasteiger partial charge in [0.25, 0.3) is 0 Å². The van der Waals surface area contributed by atoms with Crippen LogP contribution in [0.4, 0.5) is 0 Å². The van der Waals surface area contributed by atoms with Crippen LogP contribution in [0.5, 0.6) is 0 Å². The van der Waals surface area contributed by atoms with Crippen LogP contribution in [0.25, 0.3) is 10.9 Å². The van der Waals surface area contributed by atoms with Crippen LogP contribution in [0.15, 0.2) is 30.3 Å². The normalized spacial score (nSPS) is 16.9. The van der Waals surface area contributed by atoms with E-state index in [0.717, 1.165) is 16.6 Å². The molecule has 1 aromatic heterocycles. The number of nitrogens with zero attached hydrogens (tertiary/aromatic N) is 1. The molecule has 0 bridgehead atoms. The van der Waals surface area contributed by atoms with Gasteiger partial charge in [0.2, 0.25) is 11.8 Å². The van der Waals surface area contributed by atoms with E-state index in [1.54, 1.807) is 0 Å². The number of ether oxygens (including phenoxy) is 1. The smallest absolute Gasteiger partial charge is 0.239 e. The maximum atomic E-state index is 12.4. The van der Waals surface area contributed by atoms with Gasteiger partial charge in [-0.3, -0.25) is 9.59 Å². The second-order valence-electron chi connectivity index (χ2n) is 6.46. The molecule has 2 amide bonds. The number of hydrogen-bond donors (Lipinski definition) is 2. The average molecular weight is 329 g/mol. The fourth-order valence-corrected chi connectivity index (χ4v) is 3.30. The molecule has 0 saturated carbocycles. The lowest BCUT2D eigenvalue weighted by atomic mass is 9.79. The fraction of sp³-hybridized carbons (Fsp3) is 0.444. The van der Waals surface area contributed by atoms with Crippen LogP contribution in [-0.4, -0.2) is 36.1 Å². The second-order valence-corrected chi connectivity index (χ2v) is 6.46. The summed E-state index contributed by atoms with van der Waals surface area (Å²) in [4.78, 5) is 24.2. The van der Waals surface area contributed by atoms with Gasteiger partial charge in [-0.2, -0.15) is 0 Å². The molecule has 0 unspecified atom stereocenters. The Labute approximate surface area is 141 Å². The third-order valence-electron chi connectivity index (χ3n) is 4.92. The van der Waals surface area contributed by atoms with E-state index < -0.39 is 5.41 Å². The molecule has 2 aromatic rings. The van der Waals surface area contributed by atoms with Crippen LogP contribution in [0.3, 0.4) is 0 Å². The summed E-state index contributed by atoms with van der Waals surface area (Å²) < 4.78 is 7.28. The number of carbonyl (C=O) groups is 2. The molecule has 6 heteroatoms. The van der Waals surface area contributed by atoms with Crippen molar-refractivity contribution in [2.45, 2.75) is 26.3 Å². The van der Waals surface area contributed by atoms with Crippen LogP contribution >= 0.6 is 0 Å². The number of aromatic nitrogens is 1. The Morgan fingerprint density at radius 3 is 2.71 bits per heavy atom. The Balaban J connectivity index is 1.69. The molecule has 2 heterocycles. The van der Waals surface area contributed by atoms with E-state index in [9.17, 15) is 9.59 Å². The van der Waals surface area contributed by atoms with Crippen molar-refractivity contribution >= 4 is 22.7 Å². The first-order chi connectivity index (χ1) is 11.5. The number of primary amides is 1. The van der Waals surface area contributed by atoms with Crippen LogP contribution in [-0.2, 0) is 20.9 Å². The SMILES string of the molecule is Cc1cc2ccccc2n1CC(=O)NCC1(C(N)=O)CCOCC1. The second kappa shape index (κ2) is 6.65. The van der Waals surface area contributed by atoms with E-state index in [0.29, 0.717) is 26.1 Å². The first kappa shape index (κ1) is 16.5. The molecule has 0 spiro atoms. The van der Waals surface area contributed by atoms with Crippen molar-refractivity contribution < 1.29 is 14.3 Å². The van der Waals surface area contributed by atoms with Crippen molar-refractivity contribution in [1.82, 2.24) is 9.88 Å². The lowest BCUT2D eigenvalue weighted by Crippen LogP contribution is -2.50. The maximum Gasteiger partial charge on any atom is 0.239 e. The standard InChI is InChI=1S/C18H23N3O3/c1-13-10-14-4-2-3-5-15(14)21(13)11-16(22)20-12-18(17(19)23)6-8-24-9-7-18/h2-5,10H,6-9,11-12H2,1H3,(H2,19,23)(H,20,22). The number of aryl methyl sites for hydroxylation is 1. The van der Waals surface area contributed by atoms with E-state index in [1.807, 2.05) is 35.8 Å². The molecule has 1 fully saturated rings. The predicted molar refractivity (Wildman–Crippen MR) is 91.4 cm³/mol. The number of benzene rings is 1. The van der Waals surface area contributed by atoms with E-state index in [2.05, 4.69) is 11.4 Å². The molecule has 128 valence electrons. The van der Waals surface area contributed by atoms with Gasteiger partial charge in [0.05, 0.1) is 5.41 Å². The number of carbonyl (C=O) groups excluding carboxylic acids is 2. The minimum atomic E-state index is -0.693. The van der Waals surface area contributed by atoms with Crippen molar-refractivity contribution in [3.8, 4) is 0 Å². The van der Waals surface area contributed by atoms with Crippen LogP contribution in [0, 0.1) is 12.3 Å². The summed E-state index contributed by atoms with van der Waals surface area (Å²) in [6.07, 6.45) is 1.10. The van der Waals surface area contributed by atoms with Crippen molar-refractivity contribution in [2.24, 2.45) is 11.1 Å². The van der Waals surface area contributed by atoms with Gasteiger partial charge in [-0.1, -0.05) is 18.2 Å². The highest BCUT2D eigenvalue weighted by molar-refractivity contribution is 5.85. The summed E-state index contributed by atoms with van der Waals surface area (Å²) in [5, 5.41) is 4.00. The molecule has 1 aromatic carbocycles. The largest absolute Gasteiger partial charge is 0.381 e. The first-order valence-electron chi connectivity index (χ1n) is 8.21. The highest BCUT2D eigenvalue weighted by Crippen LogP contribution is 2.29. The minimum absolute atomic E-state index is 0.119. The van der Waals surface area contributed by atoms with E-state index in [4.69, 9.17) is 10.5 Å². The highest BCUT2D eigenvalue weighted by Gasteiger charge is 2.38. The molecule has 3 N–H and O–H groups in total. The van der Waals surface area contributed by atoms with Crippen molar-refractivity contribution in [3.63, 3.8) is 0 Å². The molecule has 0 aliphatic carbocycles. The predicted octanol–water partition coefficient (Wildman–Crippen LogP) is 1.35. The van der Waals surface area contributed by atoms with Gasteiger partial charge >= 0.3 is 0 Å². The Hall–Kier alpha value is -2.34. The van der Waals surface area contributed by atoms with Gasteiger partial charge < -0.3 is 20.4 Å². The maximum absolute atomic E-state index is 12.4. The minimum Gasteiger partial charge on any atom is -0.381 e. The Morgan fingerprint density at radius 1 is 1.29 bits per heavy atom. The highest BCUT2D eigenvalue weighted by atomic mass is 16.5. The number of hydrogen-bond acceptors (Lipinski definition) is 3. The molecule has 1 saturated heterocycles. The third kappa shape index (κ3) is 3.14. The summed E-state index contributed by atoms with van der Waals surface area (Å²) in [7, 11) is 0. The molecule has 6 nitrogen and oxygen atoms in total. The van der Waals surface area contributed by atoms with Crippen LogP contribution < -0.4 is 11.1 Å². The summed E-state index contributed by atoms with van der Waals surface area (Å²) in [5.41, 5.74) is 6.94. The number of amides is 2. The van der Waals surface area contributed by atoms with E-state index in [1.165, 1.54) is 0 Å². The quantitative estimate of drug-likeness (QED) is 0.868. The van der Waals surface area contributed by atoms with Crippen LogP contribution in [0.2, 0.25) is 0 Å². The average Bonchev–Trinajstić information content (AvgIpc) is 2.89. The molecule has 3 rings (SSSR count). The van der Waals surface area contributed by atoms with Gasteiger partial charge in [0.15, 0.2) is 0 Å². The van der Waals surface area contributed by atoms with Gasteiger partial charge in [0.1, 0.15) is 6.54 Å². The van der Waals surface area contributed by atoms with Gasteiger partial charge in [-0.25, -0.2) is 0 Å². The number of rotatable bonds is 5. The Kier molecular flexibility index (Phi) is 4.57. The van der Waals surface area contributed by atoms with E-state index in [-0.39, 0.29) is 24.9 Å². The van der Waals surface area contributed by atoms with Crippen molar-refractivity contribution in [3.05, 3.63) is 36.0 Å². The lowest BCUT2D eigenvalue weighted by molar-refractivity contribution is -0.134. The van der Waals surface area contributed by atoms with Gasteiger partial charge in [0, 0.05) is 31.0 Å². The number of para-hydroxylation sites is 1. The monoisotopic (exact) mass is 329 g/mol. The Morgan fingerprint density at radius 2 is 2.00 bits per heavy atom. The topological polar surface area (TPSA) is 86.4 Å². The number of nitrogens with one attached hydrogen (secondary N) is 1. The lowest BCUT2D eigenvalue weighted by Gasteiger charge is -2.34. The van der Waals surface area contributed by atoms with Crippen LogP contribution in [0.1, 0.15) is 18.5 Å². The first-order valence-corrected chi connectivity index (χ1v) is 8.21. The zero-order chi connectivity index (χ0) is 17.2.